The summed E-state index contributed by atoms with van der Waals surface area (Å²) >= 11 is 6.30. The van der Waals surface area contributed by atoms with Gasteiger partial charge in [-0.25, -0.2) is 0 Å². The van der Waals surface area contributed by atoms with Gasteiger partial charge >= 0.3 is 0 Å². The summed E-state index contributed by atoms with van der Waals surface area (Å²) in [5.41, 5.74) is 1.03. The zero-order valence-electron chi connectivity index (χ0n) is 17.6. The molecule has 1 fully saturated rings. The van der Waals surface area contributed by atoms with Crippen LogP contribution in [-0.4, -0.2) is 51.9 Å². The molecule has 8 nitrogen and oxygen atoms in total. The average Bonchev–Trinajstić information content (AvgIpc) is 2.98. The number of nitrogens with one attached hydrogen (secondary N) is 1. The van der Waals surface area contributed by atoms with Crippen molar-refractivity contribution < 1.29 is 22.7 Å². The fourth-order valence-corrected chi connectivity index (χ4v) is 5.04. The Morgan fingerprint density at radius 3 is 2.78 bits per heavy atom. The summed E-state index contributed by atoms with van der Waals surface area (Å²) in [7, 11) is -2.04. The Balaban J connectivity index is 1.48. The zero-order chi connectivity index (χ0) is 22.7. The summed E-state index contributed by atoms with van der Waals surface area (Å²) in [6, 6.07) is 9.49. The number of sulfonamides is 1. The van der Waals surface area contributed by atoms with Crippen LogP contribution in [0, 0.1) is 0 Å². The van der Waals surface area contributed by atoms with Gasteiger partial charge in [-0.15, -0.1) is 4.40 Å². The summed E-state index contributed by atoms with van der Waals surface area (Å²) in [6.45, 7) is 1.82. The predicted octanol–water partition coefficient (Wildman–Crippen LogP) is 3.50. The largest absolute Gasteiger partial charge is 0.489 e. The van der Waals surface area contributed by atoms with Crippen molar-refractivity contribution in [2.24, 2.45) is 4.40 Å². The second-order valence-corrected chi connectivity index (χ2v) is 9.73. The van der Waals surface area contributed by atoms with Crippen molar-refractivity contribution in [2.45, 2.75) is 30.6 Å². The van der Waals surface area contributed by atoms with Crippen LogP contribution in [0.4, 0.5) is 5.69 Å². The third-order valence-electron chi connectivity index (χ3n) is 5.20. The van der Waals surface area contributed by atoms with Gasteiger partial charge in [0.2, 0.25) is 5.91 Å². The van der Waals surface area contributed by atoms with Crippen molar-refractivity contribution in [3.8, 4) is 11.5 Å². The molecule has 2 heterocycles. The van der Waals surface area contributed by atoms with Crippen LogP contribution < -0.4 is 14.8 Å². The Bertz CT molecular complexity index is 1170. The minimum absolute atomic E-state index is 0.0294. The maximum Gasteiger partial charge on any atom is 0.284 e. The third-order valence-corrected chi connectivity index (χ3v) is 6.78. The number of benzene rings is 2. The molecule has 170 valence electrons. The number of nitrogens with zero attached hydrogens (tertiary/aromatic N) is 2. The fourth-order valence-electron chi connectivity index (χ4n) is 3.61. The second-order valence-electron chi connectivity index (χ2n) is 7.72. The van der Waals surface area contributed by atoms with Gasteiger partial charge in [0.15, 0.2) is 11.5 Å². The molecule has 4 rings (SSSR count). The first-order chi connectivity index (χ1) is 15.3. The van der Waals surface area contributed by atoms with Gasteiger partial charge in [-0.05, 0) is 42.3 Å². The molecule has 1 amide bonds. The van der Waals surface area contributed by atoms with E-state index in [1.165, 1.54) is 12.1 Å². The first kappa shape index (κ1) is 22.4. The number of carbonyl (C=O) groups is 1. The van der Waals surface area contributed by atoms with E-state index >= 15 is 0 Å². The first-order valence-electron chi connectivity index (χ1n) is 10.3. The summed E-state index contributed by atoms with van der Waals surface area (Å²) < 4.78 is 40.6. The van der Waals surface area contributed by atoms with Crippen LogP contribution in [0.3, 0.4) is 0 Å². The molecule has 0 aliphatic carbocycles. The van der Waals surface area contributed by atoms with Crippen molar-refractivity contribution in [3.05, 3.63) is 47.0 Å². The number of amides is 1. The molecule has 2 aromatic carbocycles. The Morgan fingerprint density at radius 2 is 2.00 bits per heavy atom. The van der Waals surface area contributed by atoms with Gasteiger partial charge in [0.25, 0.3) is 10.0 Å². The molecular weight excluding hydrogens is 454 g/mol. The van der Waals surface area contributed by atoms with Crippen molar-refractivity contribution in [3.63, 3.8) is 0 Å². The smallest absolute Gasteiger partial charge is 0.284 e. The lowest BCUT2D eigenvalue weighted by Gasteiger charge is -2.12. The molecule has 32 heavy (non-hydrogen) atoms. The van der Waals surface area contributed by atoms with Crippen LogP contribution in [0.15, 0.2) is 45.7 Å². The van der Waals surface area contributed by atoms with Crippen molar-refractivity contribution in [1.82, 2.24) is 4.90 Å². The quantitative estimate of drug-likeness (QED) is 0.707. The van der Waals surface area contributed by atoms with Gasteiger partial charge < -0.3 is 19.7 Å². The molecule has 0 radical (unpaired) electrons. The Hall–Kier alpha value is -2.78. The van der Waals surface area contributed by atoms with Crippen LogP contribution in [0.2, 0.25) is 5.02 Å². The molecule has 0 unspecified atom stereocenters. The first-order valence-corrected chi connectivity index (χ1v) is 12.2. The lowest BCUT2D eigenvalue weighted by atomic mass is 10.1. The number of fused-ring (bicyclic) bond motifs is 1. The van der Waals surface area contributed by atoms with Crippen LogP contribution in [0.5, 0.6) is 11.5 Å². The van der Waals surface area contributed by atoms with E-state index in [0.29, 0.717) is 53.2 Å². The summed E-state index contributed by atoms with van der Waals surface area (Å²) in [6.07, 6.45) is 2.30. The Kier molecular flexibility index (Phi) is 6.57. The maximum atomic E-state index is 12.7. The standard InChI is InChI=1S/C22H24ClN3O5S/c1-26-8-3-7-20(26)25-32(28,29)17-6-2-5-16(14-17)24-21(27)13-15-11-18(23)22-19(12-15)30-9-4-10-31-22/h2,5-6,11-12,14H,3-4,7-10,13H2,1H3,(H,24,27)/b25-20+. The Morgan fingerprint density at radius 1 is 1.19 bits per heavy atom. The Labute approximate surface area is 192 Å². The van der Waals surface area contributed by atoms with Crippen LogP contribution >= 0.6 is 11.6 Å². The monoisotopic (exact) mass is 477 g/mol. The molecule has 0 spiro atoms. The highest BCUT2D eigenvalue weighted by Crippen LogP contribution is 2.38. The van der Waals surface area contributed by atoms with Crippen molar-refractivity contribution in [1.29, 1.82) is 0 Å². The highest BCUT2D eigenvalue weighted by Gasteiger charge is 2.21. The maximum absolute atomic E-state index is 12.7. The molecule has 0 atom stereocenters. The third kappa shape index (κ3) is 5.16. The number of amidine groups is 1. The van der Waals surface area contributed by atoms with E-state index in [0.717, 1.165) is 19.4 Å². The fraction of sp³-hybridized carbons (Fsp3) is 0.364. The van der Waals surface area contributed by atoms with Gasteiger partial charge in [0.1, 0.15) is 5.84 Å². The number of halogens is 1. The van der Waals surface area contributed by atoms with Gasteiger partial charge in [-0.2, -0.15) is 8.42 Å². The van der Waals surface area contributed by atoms with Gasteiger partial charge in [-0.3, -0.25) is 4.79 Å². The predicted molar refractivity (Wildman–Crippen MR) is 122 cm³/mol. The van der Waals surface area contributed by atoms with E-state index < -0.39 is 10.0 Å². The number of likely N-dealkylation sites (tertiary alicyclic amines) is 1. The lowest BCUT2D eigenvalue weighted by molar-refractivity contribution is -0.115. The van der Waals surface area contributed by atoms with Crippen molar-refractivity contribution >= 4 is 39.1 Å². The molecule has 0 bridgehead atoms. The molecule has 0 aromatic heterocycles. The SMILES string of the molecule is CN1CCC/C1=N\S(=O)(=O)c1cccc(NC(=O)Cc2cc(Cl)c3c(c2)OCCCO3)c1. The van der Waals surface area contributed by atoms with E-state index in [-0.39, 0.29) is 17.2 Å². The lowest BCUT2D eigenvalue weighted by Crippen LogP contribution is -2.20. The minimum Gasteiger partial charge on any atom is -0.489 e. The van der Waals surface area contributed by atoms with Crippen LogP contribution in [0.25, 0.3) is 0 Å². The van der Waals surface area contributed by atoms with Gasteiger partial charge in [0.05, 0.1) is 29.6 Å². The number of hydrogen-bond donors (Lipinski definition) is 1. The topological polar surface area (TPSA) is 97.3 Å². The summed E-state index contributed by atoms with van der Waals surface area (Å²) in [5.74, 6) is 1.24. The molecule has 2 aliphatic rings. The summed E-state index contributed by atoms with van der Waals surface area (Å²) in [4.78, 5) is 14.5. The van der Waals surface area contributed by atoms with Gasteiger partial charge in [-0.1, -0.05) is 17.7 Å². The van der Waals surface area contributed by atoms with E-state index in [1.54, 1.807) is 24.3 Å². The van der Waals surface area contributed by atoms with E-state index in [1.807, 2.05) is 11.9 Å². The van der Waals surface area contributed by atoms with E-state index in [2.05, 4.69) is 9.71 Å². The highest BCUT2D eigenvalue weighted by atomic mass is 35.5. The molecule has 0 saturated carbocycles. The van der Waals surface area contributed by atoms with E-state index in [4.69, 9.17) is 21.1 Å². The number of ether oxygens (including phenoxy) is 2. The molecule has 1 N–H and O–H groups in total. The number of carbonyl (C=O) groups excluding carboxylic acids is 1. The minimum atomic E-state index is -3.87. The van der Waals surface area contributed by atoms with Crippen LogP contribution in [0.1, 0.15) is 24.8 Å². The molecule has 10 heteroatoms. The number of rotatable bonds is 5. The van der Waals surface area contributed by atoms with Gasteiger partial charge in [0, 0.05) is 32.1 Å². The molecule has 1 saturated heterocycles. The number of hydrogen-bond acceptors (Lipinski definition) is 5. The number of anilines is 1. The zero-order valence-corrected chi connectivity index (χ0v) is 19.2. The second kappa shape index (κ2) is 9.38. The highest BCUT2D eigenvalue weighted by molar-refractivity contribution is 7.90. The van der Waals surface area contributed by atoms with E-state index in [9.17, 15) is 13.2 Å². The molecule has 2 aliphatic heterocycles. The van der Waals surface area contributed by atoms with Crippen molar-refractivity contribution in [2.75, 3.05) is 32.1 Å². The molecule has 2 aromatic rings. The normalized spacial score (nSPS) is 17.3. The summed E-state index contributed by atoms with van der Waals surface area (Å²) in [5, 5.41) is 3.13. The molecular formula is C22H24ClN3O5S. The van der Waals surface area contributed by atoms with Crippen LogP contribution in [-0.2, 0) is 21.2 Å². The average molecular weight is 478 g/mol.